The molecule has 0 aliphatic rings. The van der Waals surface area contributed by atoms with Crippen molar-refractivity contribution in [1.29, 1.82) is 0 Å². The molecule has 0 bridgehead atoms. The Bertz CT molecular complexity index is 737. The number of nitrogens with zero attached hydrogens (tertiary/aromatic N) is 2. The fourth-order valence-electron chi connectivity index (χ4n) is 2.64. The number of halogens is 1. The van der Waals surface area contributed by atoms with Gasteiger partial charge < -0.3 is 20.0 Å². The number of hydrogen-bond acceptors (Lipinski definition) is 3. The first kappa shape index (κ1) is 23.3. The minimum Gasteiger partial charge on any atom is -0.459 e. The number of carbonyl (C=O) groups is 1. The van der Waals surface area contributed by atoms with Gasteiger partial charge in [0.05, 0.1) is 18.5 Å². The molecular formula is C20H31IN4O2. The highest BCUT2D eigenvalue weighted by molar-refractivity contribution is 14.0. The molecule has 6 nitrogen and oxygen atoms in total. The molecule has 1 aromatic heterocycles. The van der Waals surface area contributed by atoms with Crippen LogP contribution in [0.5, 0.6) is 0 Å². The Hall–Kier alpha value is -1.77. The molecule has 1 heterocycles. The van der Waals surface area contributed by atoms with Gasteiger partial charge in [0.2, 0.25) is 5.91 Å². The molecule has 2 aromatic rings. The van der Waals surface area contributed by atoms with Gasteiger partial charge >= 0.3 is 0 Å². The smallest absolute Gasteiger partial charge is 0.227 e. The Morgan fingerprint density at radius 1 is 1.19 bits per heavy atom. The predicted molar refractivity (Wildman–Crippen MR) is 122 cm³/mol. The van der Waals surface area contributed by atoms with Gasteiger partial charge in [0, 0.05) is 25.5 Å². The summed E-state index contributed by atoms with van der Waals surface area (Å²) in [5.41, 5.74) is 0.326. The largest absolute Gasteiger partial charge is 0.459 e. The molecule has 2 rings (SSSR count). The van der Waals surface area contributed by atoms with Crippen LogP contribution in [0.25, 0.3) is 11.0 Å². The Morgan fingerprint density at radius 2 is 1.85 bits per heavy atom. The van der Waals surface area contributed by atoms with Gasteiger partial charge in [-0.3, -0.25) is 9.79 Å². The van der Waals surface area contributed by atoms with E-state index in [0.717, 1.165) is 29.2 Å². The van der Waals surface area contributed by atoms with Crippen molar-refractivity contribution in [1.82, 2.24) is 15.5 Å². The Morgan fingerprint density at radius 3 is 2.48 bits per heavy atom. The molecule has 0 aliphatic carbocycles. The minimum atomic E-state index is -0.559. The molecule has 0 saturated heterocycles. The summed E-state index contributed by atoms with van der Waals surface area (Å²) in [7, 11) is 1.97. The molecule has 0 spiro atoms. The number of nitrogens with one attached hydrogen (secondary N) is 2. The van der Waals surface area contributed by atoms with Crippen LogP contribution in [-0.2, 0) is 11.3 Å². The maximum absolute atomic E-state index is 12.2. The molecule has 0 unspecified atom stereocenters. The maximum atomic E-state index is 12.2. The van der Waals surface area contributed by atoms with Gasteiger partial charge in [-0.25, -0.2) is 0 Å². The van der Waals surface area contributed by atoms with E-state index >= 15 is 0 Å². The maximum Gasteiger partial charge on any atom is 0.227 e. The summed E-state index contributed by atoms with van der Waals surface area (Å²) in [6.45, 7) is 10.1. The summed E-state index contributed by atoms with van der Waals surface area (Å²) >= 11 is 0. The van der Waals surface area contributed by atoms with E-state index in [1.807, 2.05) is 70.0 Å². The summed E-state index contributed by atoms with van der Waals surface area (Å²) in [4.78, 5) is 18.8. The second kappa shape index (κ2) is 10.5. The fraction of sp³-hybridized carbons (Fsp3) is 0.500. The second-order valence-corrected chi connectivity index (χ2v) is 7.02. The first-order chi connectivity index (χ1) is 12.4. The normalized spacial score (nSPS) is 11.8. The average Bonchev–Trinajstić information content (AvgIpc) is 3.00. The Kier molecular flexibility index (Phi) is 9.08. The third-order valence-electron chi connectivity index (χ3n) is 4.14. The number of rotatable bonds is 7. The Balaban J connectivity index is 0.00000364. The van der Waals surface area contributed by atoms with Gasteiger partial charge in [0.25, 0.3) is 0 Å². The lowest BCUT2D eigenvalue weighted by molar-refractivity contribution is -0.128. The number of carbonyl (C=O) groups excluding carboxylic acids is 1. The standard InChI is InChI=1S/C20H30N4O2.HI/c1-6-21-18(25)20(3,4)14-23-19(22-7-2)24(5)13-16-12-15-10-8-9-11-17(15)26-16;/h8-12H,6-7,13-14H2,1-5H3,(H,21,25)(H,22,23);1H. The van der Waals surface area contributed by atoms with Crippen molar-refractivity contribution < 1.29 is 9.21 Å². The van der Waals surface area contributed by atoms with Crippen molar-refractivity contribution in [3.8, 4) is 0 Å². The molecule has 0 aliphatic heterocycles. The number of benzene rings is 1. The van der Waals surface area contributed by atoms with Crippen molar-refractivity contribution in [3.05, 3.63) is 36.1 Å². The summed E-state index contributed by atoms with van der Waals surface area (Å²) in [6.07, 6.45) is 0. The van der Waals surface area contributed by atoms with Crippen LogP contribution in [0.2, 0.25) is 0 Å². The first-order valence-electron chi connectivity index (χ1n) is 9.12. The molecule has 0 fully saturated rings. The van der Waals surface area contributed by atoms with Crippen LogP contribution < -0.4 is 10.6 Å². The van der Waals surface area contributed by atoms with E-state index in [4.69, 9.17) is 4.42 Å². The highest BCUT2D eigenvalue weighted by Crippen LogP contribution is 2.20. The molecule has 27 heavy (non-hydrogen) atoms. The van der Waals surface area contributed by atoms with E-state index in [9.17, 15) is 4.79 Å². The topological polar surface area (TPSA) is 69.9 Å². The van der Waals surface area contributed by atoms with Crippen molar-refractivity contribution in [3.63, 3.8) is 0 Å². The molecule has 0 saturated carbocycles. The molecule has 2 N–H and O–H groups in total. The quantitative estimate of drug-likeness (QED) is 0.357. The lowest BCUT2D eigenvalue weighted by Crippen LogP contribution is -2.42. The SMILES string of the molecule is CCNC(=O)C(C)(C)CN=C(NCC)N(C)Cc1cc2ccccc2o1.I. The number of fused-ring (bicyclic) bond motifs is 1. The number of furan rings is 1. The summed E-state index contributed by atoms with van der Waals surface area (Å²) in [6, 6.07) is 10.0. The van der Waals surface area contributed by atoms with Gasteiger partial charge in [-0.05, 0) is 39.8 Å². The van der Waals surface area contributed by atoms with Gasteiger partial charge in [0.1, 0.15) is 11.3 Å². The zero-order valence-electron chi connectivity index (χ0n) is 16.8. The second-order valence-electron chi connectivity index (χ2n) is 7.02. The van der Waals surface area contributed by atoms with E-state index in [1.54, 1.807) is 0 Å². The monoisotopic (exact) mass is 486 g/mol. The zero-order chi connectivity index (χ0) is 19.2. The summed E-state index contributed by atoms with van der Waals surface area (Å²) < 4.78 is 5.89. The molecule has 1 aromatic carbocycles. The highest BCUT2D eigenvalue weighted by Gasteiger charge is 2.27. The fourth-order valence-corrected chi connectivity index (χ4v) is 2.64. The van der Waals surface area contributed by atoms with Crippen LogP contribution in [0.3, 0.4) is 0 Å². The van der Waals surface area contributed by atoms with Crippen molar-refractivity contribution in [2.75, 3.05) is 26.7 Å². The number of hydrogen-bond donors (Lipinski definition) is 2. The number of para-hydroxylation sites is 1. The van der Waals surface area contributed by atoms with Crippen LogP contribution in [0.4, 0.5) is 0 Å². The summed E-state index contributed by atoms with van der Waals surface area (Å²) in [5, 5.41) is 7.24. The molecule has 150 valence electrons. The van der Waals surface area contributed by atoms with Crippen molar-refractivity contribution in [2.24, 2.45) is 10.4 Å². The third kappa shape index (κ3) is 6.41. The van der Waals surface area contributed by atoms with Crippen molar-refractivity contribution >= 4 is 46.8 Å². The van der Waals surface area contributed by atoms with Crippen LogP contribution in [0.1, 0.15) is 33.5 Å². The van der Waals surface area contributed by atoms with E-state index in [0.29, 0.717) is 19.6 Å². The Labute approximate surface area is 178 Å². The van der Waals surface area contributed by atoms with Gasteiger partial charge in [-0.15, -0.1) is 24.0 Å². The van der Waals surface area contributed by atoms with Crippen LogP contribution in [0, 0.1) is 5.41 Å². The number of guanidine groups is 1. The van der Waals surface area contributed by atoms with Gasteiger partial charge in [0.15, 0.2) is 5.96 Å². The van der Waals surface area contributed by atoms with E-state index in [2.05, 4.69) is 15.6 Å². The van der Waals surface area contributed by atoms with E-state index < -0.39 is 5.41 Å². The lowest BCUT2D eigenvalue weighted by Gasteiger charge is -2.25. The lowest BCUT2D eigenvalue weighted by atomic mass is 9.92. The van der Waals surface area contributed by atoms with Gasteiger partial charge in [-0.1, -0.05) is 18.2 Å². The van der Waals surface area contributed by atoms with Gasteiger partial charge in [-0.2, -0.15) is 0 Å². The predicted octanol–water partition coefficient (Wildman–Crippen LogP) is 3.61. The first-order valence-corrected chi connectivity index (χ1v) is 9.12. The highest BCUT2D eigenvalue weighted by atomic mass is 127. The minimum absolute atomic E-state index is 0. The molecular weight excluding hydrogens is 455 g/mol. The van der Waals surface area contributed by atoms with E-state index in [-0.39, 0.29) is 29.9 Å². The third-order valence-corrected chi connectivity index (χ3v) is 4.14. The number of amides is 1. The van der Waals surface area contributed by atoms with Crippen LogP contribution >= 0.6 is 24.0 Å². The zero-order valence-corrected chi connectivity index (χ0v) is 19.2. The van der Waals surface area contributed by atoms with Crippen LogP contribution in [-0.4, -0.2) is 43.4 Å². The molecule has 0 atom stereocenters. The van der Waals surface area contributed by atoms with E-state index in [1.165, 1.54) is 0 Å². The van der Waals surface area contributed by atoms with Crippen molar-refractivity contribution in [2.45, 2.75) is 34.2 Å². The molecule has 7 heteroatoms. The molecule has 0 radical (unpaired) electrons. The molecule has 1 amide bonds. The average molecular weight is 486 g/mol. The van der Waals surface area contributed by atoms with Crippen LogP contribution in [0.15, 0.2) is 39.7 Å². The number of aliphatic imine (C=N–C) groups is 1. The summed E-state index contributed by atoms with van der Waals surface area (Å²) in [5.74, 6) is 1.65.